The van der Waals surface area contributed by atoms with Crippen molar-refractivity contribution in [1.82, 2.24) is 9.55 Å². The molecule has 8 heteroatoms. The third kappa shape index (κ3) is 5.11. The summed E-state index contributed by atoms with van der Waals surface area (Å²) in [5, 5.41) is 6.41. The van der Waals surface area contributed by atoms with E-state index in [2.05, 4.69) is 28.1 Å². The van der Waals surface area contributed by atoms with Crippen LogP contribution in [0.1, 0.15) is 32.1 Å². The highest BCUT2D eigenvalue weighted by Crippen LogP contribution is 2.34. The van der Waals surface area contributed by atoms with Crippen LogP contribution < -0.4 is 10.7 Å². The molecule has 4 nitrogen and oxygen atoms in total. The maximum Gasteiger partial charge on any atom is 0.0900 e. The Hall–Kier alpha value is -2.76. The van der Waals surface area contributed by atoms with E-state index in [4.69, 9.17) is 56.4 Å². The minimum Gasteiger partial charge on any atom is -0.354 e. The van der Waals surface area contributed by atoms with Crippen LogP contribution in [0.25, 0.3) is 28.1 Å². The number of aromatic nitrogens is 2. The SMILES string of the molecule is Clc1ccc(Nc2cc3nc4ccccc4n(-c4ccc(Cl)c(Cl)c4)c-3cc2=NC2CCCCC2)cc1Cl. The van der Waals surface area contributed by atoms with Gasteiger partial charge in [0.1, 0.15) is 0 Å². The van der Waals surface area contributed by atoms with Crippen LogP contribution in [0.2, 0.25) is 20.1 Å². The number of fused-ring (bicyclic) bond motifs is 2. The van der Waals surface area contributed by atoms with Crippen molar-refractivity contribution in [2.24, 2.45) is 4.99 Å². The molecule has 1 N–H and O–H groups in total. The summed E-state index contributed by atoms with van der Waals surface area (Å²) in [6.07, 6.45) is 5.85. The highest BCUT2D eigenvalue weighted by molar-refractivity contribution is 6.42. The topological polar surface area (TPSA) is 42.2 Å². The predicted molar refractivity (Wildman–Crippen MR) is 160 cm³/mol. The lowest BCUT2D eigenvalue weighted by molar-refractivity contribution is 0.437. The van der Waals surface area contributed by atoms with E-state index >= 15 is 0 Å². The second kappa shape index (κ2) is 10.8. The van der Waals surface area contributed by atoms with E-state index in [0.29, 0.717) is 20.1 Å². The van der Waals surface area contributed by atoms with Crippen molar-refractivity contribution in [3.63, 3.8) is 0 Å². The normalized spacial score (nSPS) is 14.9. The zero-order valence-corrected chi connectivity index (χ0v) is 23.4. The van der Waals surface area contributed by atoms with Gasteiger partial charge in [0.2, 0.25) is 0 Å². The highest BCUT2D eigenvalue weighted by atomic mass is 35.5. The van der Waals surface area contributed by atoms with Gasteiger partial charge in [-0.25, -0.2) is 4.98 Å². The Morgan fingerprint density at radius 3 is 2.26 bits per heavy atom. The Bertz CT molecular complexity index is 1690. The number of halogens is 4. The molecule has 0 amide bonds. The maximum absolute atomic E-state index is 6.46. The fourth-order valence-electron chi connectivity index (χ4n) is 5.09. The van der Waals surface area contributed by atoms with Gasteiger partial charge in [0, 0.05) is 11.4 Å². The molecule has 1 heterocycles. The van der Waals surface area contributed by atoms with Crippen molar-refractivity contribution >= 4 is 68.8 Å². The molecule has 2 aliphatic carbocycles. The minimum absolute atomic E-state index is 0.280. The number of nitrogens with one attached hydrogen (secondary N) is 1. The standard InChI is InChI=1S/C30H24Cl4N4/c31-21-12-10-19(14-23(21)33)36-26-16-28-30(17-27(26)35-18-6-2-1-3-7-18)38(20-11-13-22(32)24(34)15-20)29-9-5-4-8-25(29)37-28/h4-5,8-18,36H,1-3,6-7H2. The lowest BCUT2D eigenvalue weighted by Crippen LogP contribution is -2.19. The van der Waals surface area contributed by atoms with Gasteiger partial charge >= 0.3 is 0 Å². The third-order valence-corrected chi connectivity index (χ3v) is 8.43. The van der Waals surface area contributed by atoms with Crippen LogP contribution in [0, 0.1) is 0 Å². The van der Waals surface area contributed by atoms with E-state index in [1.165, 1.54) is 19.3 Å². The largest absolute Gasteiger partial charge is 0.354 e. The molecule has 1 saturated carbocycles. The van der Waals surface area contributed by atoms with E-state index in [1.54, 1.807) is 6.07 Å². The first kappa shape index (κ1) is 25.5. The summed E-state index contributed by atoms with van der Waals surface area (Å²) < 4.78 is 2.17. The number of para-hydroxylation sites is 2. The third-order valence-electron chi connectivity index (χ3n) is 6.95. The zero-order valence-electron chi connectivity index (χ0n) is 20.4. The molecule has 0 radical (unpaired) electrons. The zero-order chi connectivity index (χ0) is 26.2. The number of nitrogens with zero attached hydrogens (tertiary/aromatic N) is 3. The summed E-state index contributed by atoms with van der Waals surface area (Å²) >= 11 is 25.2. The monoisotopic (exact) mass is 580 g/mol. The first-order valence-corrected chi connectivity index (χ1v) is 14.1. The molecule has 3 aromatic rings. The molecular weight excluding hydrogens is 558 g/mol. The molecule has 0 saturated heterocycles. The van der Waals surface area contributed by atoms with Crippen molar-refractivity contribution in [2.45, 2.75) is 38.1 Å². The molecule has 0 unspecified atom stereocenters. The summed E-state index contributed by atoms with van der Waals surface area (Å²) in [4.78, 5) is 10.3. The maximum atomic E-state index is 6.46. The molecule has 192 valence electrons. The molecule has 1 fully saturated rings. The summed E-state index contributed by atoms with van der Waals surface area (Å²) in [6.45, 7) is 0. The number of rotatable bonds is 4. The van der Waals surface area contributed by atoms with Gasteiger partial charge in [-0.15, -0.1) is 0 Å². The minimum atomic E-state index is 0.280. The number of hydrogen-bond donors (Lipinski definition) is 1. The summed E-state index contributed by atoms with van der Waals surface area (Å²) in [5.41, 5.74) is 6.17. The molecule has 0 aromatic heterocycles. The molecule has 0 atom stereocenters. The van der Waals surface area contributed by atoms with E-state index in [-0.39, 0.29) is 6.04 Å². The molecule has 38 heavy (non-hydrogen) atoms. The second-order valence-electron chi connectivity index (χ2n) is 9.57. The molecule has 3 aliphatic rings. The second-order valence-corrected chi connectivity index (χ2v) is 11.2. The first-order valence-electron chi connectivity index (χ1n) is 12.6. The Labute approximate surface area is 241 Å². The van der Waals surface area contributed by atoms with Gasteiger partial charge in [-0.2, -0.15) is 0 Å². The van der Waals surface area contributed by atoms with Crippen molar-refractivity contribution < 1.29 is 0 Å². The number of hydrogen-bond acceptors (Lipinski definition) is 3. The molecule has 6 rings (SSSR count). The van der Waals surface area contributed by atoms with E-state index in [9.17, 15) is 0 Å². The summed E-state index contributed by atoms with van der Waals surface area (Å²) in [6, 6.07) is 23.7. The lowest BCUT2D eigenvalue weighted by Gasteiger charge is -2.22. The number of anilines is 2. The Morgan fingerprint density at radius 2 is 1.50 bits per heavy atom. The van der Waals surface area contributed by atoms with Gasteiger partial charge in [-0.05, 0) is 73.5 Å². The van der Waals surface area contributed by atoms with Gasteiger partial charge in [0.25, 0.3) is 0 Å². The van der Waals surface area contributed by atoms with Crippen LogP contribution in [0.4, 0.5) is 11.4 Å². The molecule has 0 spiro atoms. The average Bonchev–Trinajstić information content (AvgIpc) is 2.92. The van der Waals surface area contributed by atoms with Crippen molar-refractivity contribution in [2.75, 3.05) is 5.32 Å². The van der Waals surface area contributed by atoms with E-state index in [0.717, 1.165) is 57.7 Å². The Balaban J connectivity index is 1.62. The van der Waals surface area contributed by atoms with Gasteiger partial charge in [0.05, 0.1) is 59.6 Å². The van der Waals surface area contributed by atoms with E-state index < -0.39 is 0 Å². The predicted octanol–water partition coefficient (Wildman–Crippen LogP) is 9.72. The fraction of sp³-hybridized carbons (Fsp3) is 0.200. The molecule has 0 bridgehead atoms. The Kier molecular flexibility index (Phi) is 7.24. The summed E-state index contributed by atoms with van der Waals surface area (Å²) in [7, 11) is 0. The average molecular weight is 582 g/mol. The van der Waals surface area contributed by atoms with Crippen molar-refractivity contribution in [3.8, 4) is 17.1 Å². The smallest absolute Gasteiger partial charge is 0.0900 e. The van der Waals surface area contributed by atoms with Gasteiger partial charge < -0.3 is 9.88 Å². The Morgan fingerprint density at radius 1 is 0.763 bits per heavy atom. The van der Waals surface area contributed by atoms with Crippen LogP contribution in [-0.4, -0.2) is 15.6 Å². The first-order chi connectivity index (χ1) is 18.5. The van der Waals surface area contributed by atoms with Gasteiger partial charge in [0.15, 0.2) is 0 Å². The quantitative estimate of drug-likeness (QED) is 0.215. The van der Waals surface area contributed by atoms with Gasteiger partial charge in [-0.1, -0.05) is 77.8 Å². The van der Waals surface area contributed by atoms with Gasteiger partial charge in [-0.3, -0.25) is 4.99 Å². The lowest BCUT2D eigenvalue weighted by atomic mass is 9.96. The van der Waals surface area contributed by atoms with E-state index in [1.807, 2.05) is 48.5 Å². The summed E-state index contributed by atoms with van der Waals surface area (Å²) in [5.74, 6) is 0. The fourth-order valence-corrected chi connectivity index (χ4v) is 5.68. The van der Waals surface area contributed by atoms with Crippen LogP contribution in [-0.2, 0) is 0 Å². The van der Waals surface area contributed by atoms with Crippen molar-refractivity contribution in [1.29, 1.82) is 0 Å². The molecule has 1 aliphatic heterocycles. The van der Waals surface area contributed by atoms with Crippen LogP contribution >= 0.6 is 46.4 Å². The van der Waals surface area contributed by atoms with Crippen molar-refractivity contribution in [3.05, 3.63) is 98.2 Å². The number of benzene rings is 4. The molecular formula is C30H24Cl4N4. The molecule has 3 aromatic carbocycles. The van der Waals surface area contributed by atoms with Crippen LogP contribution in [0.15, 0.2) is 77.8 Å². The van der Waals surface area contributed by atoms with Crippen LogP contribution in [0.3, 0.4) is 0 Å². The van der Waals surface area contributed by atoms with Crippen LogP contribution in [0.5, 0.6) is 0 Å². The highest BCUT2D eigenvalue weighted by Gasteiger charge is 2.19.